The van der Waals surface area contributed by atoms with Crippen molar-refractivity contribution in [2.75, 3.05) is 0 Å². The van der Waals surface area contributed by atoms with Crippen molar-refractivity contribution in [2.24, 2.45) is 4.58 Å². The molecular weight excluding hydrogens is 220 g/mol. The molecule has 86 valence electrons. The molecule has 0 aliphatic rings. The summed E-state index contributed by atoms with van der Waals surface area (Å²) in [6.45, 7) is 4.69. The van der Waals surface area contributed by atoms with Crippen LogP contribution in [-0.4, -0.2) is 27.8 Å². The van der Waals surface area contributed by atoms with Crippen LogP contribution in [0, 0.1) is 4.91 Å². The average Bonchev–Trinajstić information content (AvgIpc) is 2.12. The SMILES string of the molecule is CCC(=O)N[C@@H](C(=O)O)C(C)(C)SN=O. The summed E-state index contributed by atoms with van der Waals surface area (Å²) in [5.74, 6) is -1.56. The molecule has 0 aromatic carbocycles. The minimum atomic E-state index is -1.18. The predicted octanol–water partition coefficient (Wildman–Crippen LogP) is 1.16. The summed E-state index contributed by atoms with van der Waals surface area (Å²) in [5, 5.41) is 11.2. The molecule has 0 unspecified atom stereocenters. The van der Waals surface area contributed by atoms with E-state index in [4.69, 9.17) is 5.11 Å². The maximum atomic E-state index is 11.1. The van der Waals surface area contributed by atoms with Crippen molar-refractivity contribution in [3.05, 3.63) is 4.91 Å². The lowest BCUT2D eigenvalue weighted by molar-refractivity contribution is -0.142. The number of nitroso groups, excluding NO2 is 1. The second-order valence-corrected chi connectivity index (χ2v) is 4.85. The lowest BCUT2D eigenvalue weighted by atomic mass is 10.0. The fourth-order valence-electron chi connectivity index (χ4n) is 0.945. The molecule has 0 aromatic heterocycles. The first kappa shape index (κ1) is 13.9. The predicted molar refractivity (Wildman–Crippen MR) is 57.3 cm³/mol. The lowest BCUT2D eigenvalue weighted by Gasteiger charge is -2.27. The van der Waals surface area contributed by atoms with Gasteiger partial charge in [0.05, 0.1) is 4.75 Å². The molecule has 15 heavy (non-hydrogen) atoms. The molecule has 0 saturated heterocycles. The Morgan fingerprint density at radius 3 is 2.40 bits per heavy atom. The number of rotatable bonds is 6. The van der Waals surface area contributed by atoms with Gasteiger partial charge in [0, 0.05) is 23.0 Å². The van der Waals surface area contributed by atoms with Gasteiger partial charge in [-0.05, 0) is 13.8 Å². The lowest BCUT2D eigenvalue weighted by Crippen LogP contribution is -2.52. The number of carbonyl (C=O) groups excluding carboxylic acids is 1. The van der Waals surface area contributed by atoms with Crippen molar-refractivity contribution in [1.82, 2.24) is 5.32 Å². The Hall–Kier alpha value is -1.11. The van der Waals surface area contributed by atoms with Crippen LogP contribution in [-0.2, 0) is 9.59 Å². The number of carbonyl (C=O) groups is 2. The first-order valence-electron chi connectivity index (χ1n) is 4.38. The summed E-state index contributed by atoms with van der Waals surface area (Å²) in [6, 6.07) is -1.13. The highest BCUT2D eigenvalue weighted by Crippen LogP contribution is 2.29. The highest BCUT2D eigenvalue weighted by Gasteiger charge is 2.37. The zero-order valence-electron chi connectivity index (χ0n) is 8.81. The molecular formula is C8H14N2O4S. The van der Waals surface area contributed by atoms with E-state index in [1.165, 1.54) is 13.8 Å². The third-order valence-corrected chi connectivity index (χ3v) is 2.62. The van der Waals surface area contributed by atoms with Gasteiger partial charge >= 0.3 is 5.97 Å². The molecule has 0 fully saturated rings. The molecule has 0 aromatic rings. The van der Waals surface area contributed by atoms with Gasteiger partial charge in [-0.1, -0.05) is 6.92 Å². The van der Waals surface area contributed by atoms with Gasteiger partial charge in [0.2, 0.25) is 5.91 Å². The van der Waals surface area contributed by atoms with Crippen LogP contribution in [0.1, 0.15) is 27.2 Å². The molecule has 0 saturated carbocycles. The molecule has 1 amide bonds. The van der Waals surface area contributed by atoms with Gasteiger partial charge in [-0.3, -0.25) is 4.79 Å². The van der Waals surface area contributed by atoms with Crippen LogP contribution in [0.15, 0.2) is 4.58 Å². The Bertz CT molecular complexity index is 267. The molecule has 2 N–H and O–H groups in total. The maximum Gasteiger partial charge on any atom is 0.327 e. The van der Waals surface area contributed by atoms with Gasteiger partial charge in [-0.25, -0.2) is 4.79 Å². The largest absolute Gasteiger partial charge is 0.480 e. The third kappa shape index (κ3) is 4.28. The highest BCUT2D eigenvalue weighted by atomic mass is 32.2. The van der Waals surface area contributed by atoms with E-state index in [0.29, 0.717) is 11.9 Å². The fourth-order valence-corrected chi connectivity index (χ4v) is 1.40. The Morgan fingerprint density at radius 2 is 2.07 bits per heavy atom. The van der Waals surface area contributed by atoms with Gasteiger partial charge in [0.15, 0.2) is 0 Å². The Labute approximate surface area is 91.9 Å². The number of hydrogen-bond acceptors (Lipinski definition) is 5. The Balaban J connectivity index is 4.72. The van der Waals surface area contributed by atoms with Crippen molar-refractivity contribution in [3.8, 4) is 0 Å². The molecule has 0 bridgehead atoms. The summed E-state index contributed by atoms with van der Waals surface area (Å²) < 4.78 is 1.62. The second-order valence-electron chi connectivity index (χ2n) is 3.46. The van der Waals surface area contributed by atoms with Crippen molar-refractivity contribution in [2.45, 2.75) is 38.0 Å². The highest BCUT2D eigenvalue weighted by molar-refractivity contribution is 7.99. The average molecular weight is 234 g/mol. The van der Waals surface area contributed by atoms with Crippen molar-refractivity contribution < 1.29 is 14.7 Å². The van der Waals surface area contributed by atoms with Crippen molar-refractivity contribution in [3.63, 3.8) is 0 Å². The topological polar surface area (TPSA) is 95.8 Å². The summed E-state index contributed by atoms with van der Waals surface area (Å²) in [4.78, 5) is 32.1. The molecule has 0 aliphatic heterocycles. The number of nitrogens with zero attached hydrogens (tertiary/aromatic N) is 1. The summed E-state index contributed by atoms with van der Waals surface area (Å²) in [6.07, 6.45) is 0.193. The van der Waals surface area contributed by atoms with Crippen LogP contribution in [0.3, 0.4) is 0 Å². The second kappa shape index (κ2) is 5.69. The van der Waals surface area contributed by atoms with E-state index in [-0.39, 0.29) is 12.3 Å². The monoisotopic (exact) mass is 234 g/mol. The number of amides is 1. The molecule has 0 spiro atoms. The molecule has 0 radical (unpaired) electrons. The molecule has 6 nitrogen and oxygen atoms in total. The molecule has 0 heterocycles. The number of nitrogens with one attached hydrogen (secondary N) is 1. The van der Waals surface area contributed by atoms with Crippen LogP contribution in [0.25, 0.3) is 0 Å². The smallest absolute Gasteiger partial charge is 0.327 e. The quantitative estimate of drug-likeness (QED) is 0.531. The van der Waals surface area contributed by atoms with Crippen LogP contribution < -0.4 is 5.32 Å². The minimum absolute atomic E-state index is 0.193. The van der Waals surface area contributed by atoms with Gasteiger partial charge in [-0.2, -0.15) is 0 Å². The normalized spacial score (nSPS) is 13.0. The van der Waals surface area contributed by atoms with E-state index >= 15 is 0 Å². The van der Waals surface area contributed by atoms with E-state index in [1.54, 1.807) is 6.92 Å². The van der Waals surface area contributed by atoms with Crippen LogP contribution in [0.2, 0.25) is 0 Å². The van der Waals surface area contributed by atoms with E-state index in [0.717, 1.165) is 0 Å². The Morgan fingerprint density at radius 1 is 1.53 bits per heavy atom. The third-order valence-electron chi connectivity index (χ3n) is 1.84. The van der Waals surface area contributed by atoms with Gasteiger partial charge in [0.25, 0.3) is 0 Å². The van der Waals surface area contributed by atoms with Crippen LogP contribution in [0.4, 0.5) is 0 Å². The first-order chi connectivity index (χ1) is 6.85. The molecule has 1 atom stereocenters. The van der Waals surface area contributed by atoms with Gasteiger partial charge in [-0.15, -0.1) is 4.91 Å². The van der Waals surface area contributed by atoms with Gasteiger partial charge in [0.1, 0.15) is 6.04 Å². The molecule has 0 aliphatic carbocycles. The zero-order valence-corrected chi connectivity index (χ0v) is 9.63. The maximum absolute atomic E-state index is 11.1. The zero-order chi connectivity index (χ0) is 12.1. The summed E-state index contributed by atoms with van der Waals surface area (Å²) >= 11 is 0.596. The van der Waals surface area contributed by atoms with Crippen molar-refractivity contribution >= 4 is 23.8 Å². The summed E-state index contributed by atoms with van der Waals surface area (Å²) in [7, 11) is 0. The van der Waals surface area contributed by atoms with Crippen molar-refractivity contribution in [1.29, 1.82) is 0 Å². The number of aliphatic carboxylic acids is 1. The molecule has 7 heteroatoms. The molecule has 0 rings (SSSR count). The Kier molecular flexibility index (Phi) is 5.27. The van der Waals surface area contributed by atoms with Crippen LogP contribution >= 0.6 is 11.9 Å². The summed E-state index contributed by atoms with van der Waals surface area (Å²) in [5.41, 5.74) is 0. The number of carboxylic acids is 1. The standard InChI is InChI=1S/C8H14N2O4S/c1-4-5(11)9-6(7(12)13)8(2,3)15-10-14/h6H,4H2,1-3H3,(H,9,11)(H,12,13)/t6-/m0/s1. The first-order valence-corrected chi connectivity index (χ1v) is 5.15. The fraction of sp³-hybridized carbons (Fsp3) is 0.750. The minimum Gasteiger partial charge on any atom is -0.480 e. The van der Waals surface area contributed by atoms with E-state index in [2.05, 4.69) is 9.90 Å². The van der Waals surface area contributed by atoms with Gasteiger partial charge < -0.3 is 10.4 Å². The van der Waals surface area contributed by atoms with E-state index in [1.807, 2.05) is 0 Å². The number of carboxylic acid groups (broad SMARTS) is 1. The number of hydrogen-bond donors (Lipinski definition) is 2. The van der Waals surface area contributed by atoms with E-state index < -0.39 is 16.8 Å². The van der Waals surface area contributed by atoms with E-state index in [9.17, 15) is 14.5 Å². The van der Waals surface area contributed by atoms with Crippen LogP contribution in [0.5, 0.6) is 0 Å².